The van der Waals surface area contributed by atoms with Gasteiger partial charge in [-0.3, -0.25) is 4.79 Å². The van der Waals surface area contributed by atoms with E-state index in [1.807, 2.05) is 18.7 Å². The standard InChI is InChI=1S/C8H13NO2.C2H6/c1-7(10)9-4-2-8(6-9)3-5-11-8;1-2/h2-6H2,1H3;1-2H3. The van der Waals surface area contributed by atoms with Crippen LogP contribution >= 0.6 is 0 Å². The van der Waals surface area contributed by atoms with E-state index in [2.05, 4.69) is 0 Å². The summed E-state index contributed by atoms with van der Waals surface area (Å²) in [4.78, 5) is 12.8. The molecule has 0 aromatic rings. The quantitative estimate of drug-likeness (QED) is 0.571. The number of likely N-dealkylation sites (tertiary alicyclic amines) is 1. The van der Waals surface area contributed by atoms with E-state index in [-0.39, 0.29) is 11.5 Å². The lowest BCUT2D eigenvalue weighted by Gasteiger charge is -2.38. The maximum atomic E-state index is 10.9. The van der Waals surface area contributed by atoms with E-state index >= 15 is 0 Å². The van der Waals surface area contributed by atoms with E-state index < -0.39 is 0 Å². The van der Waals surface area contributed by atoms with Crippen LogP contribution in [0.4, 0.5) is 0 Å². The number of amides is 1. The van der Waals surface area contributed by atoms with Crippen LogP contribution in [-0.2, 0) is 9.53 Å². The summed E-state index contributed by atoms with van der Waals surface area (Å²) in [6.07, 6.45) is 2.17. The molecule has 1 atom stereocenters. The largest absolute Gasteiger partial charge is 0.373 e. The molecule has 0 aromatic heterocycles. The first-order chi connectivity index (χ1) is 6.22. The molecule has 1 spiro atoms. The summed E-state index contributed by atoms with van der Waals surface area (Å²) in [5.74, 6) is 0.178. The third kappa shape index (κ3) is 2.02. The molecular formula is C10H19NO2. The molecule has 3 heteroatoms. The van der Waals surface area contributed by atoms with E-state index in [9.17, 15) is 4.79 Å². The number of hydrogen-bond acceptors (Lipinski definition) is 2. The van der Waals surface area contributed by atoms with E-state index in [1.54, 1.807) is 6.92 Å². The SMILES string of the molecule is CC.CC(=O)N1CCC2(CCO2)C1. The number of rotatable bonds is 0. The van der Waals surface area contributed by atoms with Crippen molar-refractivity contribution in [2.45, 2.75) is 39.2 Å². The summed E-state index contributed by atoms with van der Waals surface area (Å²) in [7, 11) is 0. The van der Waals surface area contributed by atoms with Gasteiger partial charge in [0, 0.05) is 26.4 Å². The highest BCUT2D eigenvalue weighted by Gasteiger charge is 2.44. The van der Waals surface area contributed by atoms with Gasteiger partial charge < -0.3 is 9.64 Å². The Kier molecular flexibility index (Phi) is 3.31. The van der Waals surface area contributed by atoms with Gasteiger partial charge in [-0.1, -0.05) is 13.8 Å². The van der Waals surface area contributed by atoms with Gasteiger partial charge in [0.1, 0.15) is 0 Å². The summed E-state index contributed by atoms with van der Waals surface area (Å²) >= 11 is 0. The first kappa shape index (κ1) is 10.5. The molecule has 2 fully saturated rings. The van der Waals surface area contributed by atoms with Crippen LogP contribution in [0, 0.1) is 0 Å². The van der Waals surface area contributed by atoms with Crippen molar-refractivity contribution < 1.29 is 9.53 Å². The van der Waals surface area contributed by atoms with Crippen LogP contribution in [0.3, 0.4) is 0 Å². The Hall–Kier alpha value is -0.570. The van der Waals surface area contributed by atoms with Gasteiger partial charge in [-0.15, -0.1) is 0 Å². The maximum Gasteiger partial charge on any atom is 0.219 e. The molecule has 1 unspecified atom stereocenters. The molecule has 2 heterocycles. The summed E-state index contributed by atoms with van der Waals surface area (Å²) < 4.78 is 5.47. The van der Waals surface area contributed by atoms with E-state index in [1.165, 1.54) is 0 Å². The van der Waals surface area contributed by atoms with Crippen molar-refractivity contribution in [2.75, 3.05) is 19.7 Å². The minimum atomic E-state index is 0.0751. The van der Waals surface area contributed by atoms with Gasteiger partial charge >= 0.3 is 0 Å². The van der Waals surface area contributed by atoms with Crippen molar-refractivity contribution in [1.82, 2.24) is 4.90 Å². The first-order valence-electron chi connectivity index (χ1n) is 5.11. The topological polar surface area (TPSA) is 29.5 Å². The fourth-order valence-electron chi connectivity index (χ4n) is 1.83. The number of hydrogen-bond donors (Lipinski definition) is 0. The normalized spacial score (nSPS) is 30.8. The highest BCUT2D eigenvalue weighted by Crippen LogP contribution is 2.35. The lowest BCUT2D eigenvalue weighted by molar-refractivity contribution is -0.145. The van der Waals surface area contributed by atoms with Gasteiger partial charge in [0.15, 0.2) is 0 Å². The zero-order valence-corrected chi connectivity index (χ0v) is 8.80. The van der Waals surface area contributed by atoms with Crippen LogP contribution in [0.25, 0.3) is 0 Å². The second-order valence-corrected chi connectivity index (χ2v) is 3.47. The van der Waals surface area contributed by atoms with Crippen LogP contribution in [0.15, 0.2) is 0 Å². The van der Waals surface area contributed by atoms with Crippen molar-refractivity contribution in [1.29, 1.82) is 0 Å². The van der Waals surface area contributed by atoms with E-state index in [0.717, 1.165) is 32.5 Å². The second kappa shape index (κ2) is 4.09. The number of carbonyl (C=O) groups excluding carboxylic acids is 1. The molecule has 2 aliphatic heterocycles. The highest BCUT2D eigenvalue weighted by molar-refractivity contribution is 5.73. The van der Waals surface area contributed by atoms with Gasteiger partial charge in [-0.05, 0) is 6.42 Å². The number of ether oxygens (including phenoxy) is 1. The number of nitrogens with zero attached hydrogens (tertiary/aromatic N) is 1. The van der Waals surface area contributed by atoms with Crippen molar-refractivity contribution in [2.24, 2.45) is 0 Å². The Morgan fingerprint density at radius 2 is 2.00 bits per heavy atom. The predicted molar refractivity (Wildman–Crippen MR) is 51.5 cm³/mol. The van der Waals surface area contributed by atoms with Gasteiger partial charge in [0.25, 0.3) is 0 Å². The van der Waals surface area contributed by atoms with Crippen molar-refractivity contribution in [3.05, 3.63) is 0 Å². The van der Waals surface area contributed by atoms with E-state index in [4.69, 9.17) is 4.74 Å². The summed E-state index contributed by atoms with van der Waals surface area (Å²) in [5, 5.41) is 0. The molecule has 1 amide bonds. The lowest BCUT2D eigenvalue weighted by Crippen LogP contribution is -2.46. The minimum Gasteiger partial charge on any atom is -0.373 e. The molecule has 0 bridgehead atoms. The maximum absolute atomic E-state index is 10.9. The molecule has 2 rings (SSSR count). The average Bonchev–Trinajstić information content (AvgIpc) is 2.51. The molecule has 0 radical (unpaired) electrons. The molecule has 0 saturated carbocycles. The molecule has 0 N–H and O–H groups in total. The van der Waals surface area contributed by atoms with Crippen LogP contribution in [0.2, 0.25) is 0 Å². The lowest BCUT2D eigenvalue weighted by atomic mass is 9.94. The second-order valence-electron chi connectivity index (χ2n) is 3.47. The third-order valence-corrected chi connectivity index (χ3v) is 2.73. The summed E-state index contributed by atoms with van der Waals surface area (Å²) in [6.45, 7) is 8.21. The number of carbonyl (C=O) groups is 1. The fourth-order valence-corrected chi connectivity index (χ4v) is 1.83. The van der Waals surface area contributed by atoms with Gasteiger partial charge in [-0.2, -0.15) is 0 Å². The average molecular weight is 185 g/mol. The van der Waals surface area contributed by atoms with Gasteiger partial charge in [0.05, 0.1) is 12.2 Å². The molecule has 2 aliphatic rings. The molecule has 0 aliphatic carbocycles. The zero-order valence-electron chi connectivity index (χ0n) is 8.80. The minimum absolute atomic E-state index is 0.0751. The summed E-state index contributed by atoms with van der Waals surface area (Å²) in [6, 6.07) is 0. The molecule has 13 heavy (non-hydrogen) atoms. The van der Waals surface area contributed by atoms with Crippen LogP contribution in [-0.4, -0.2) is 36.1 Å². The molecule has 76 valence electrons. The molecular weight excluding hydrogens is 166 g/mol. The Balaban J connectivity index is 0.000000396. The Bertz CT molecular complexity index is 187. The van der Waals surface area contributed by atoms with Crippen LogP contribution < -0.4 is 0 Å². The Morgan fingerprint density at radius 3 is 2.23 bits per heavy atom. The molecule has 2 saturated heterocycles. The molecule has 3 nitrogen and oxygen atoms in total. The van der Waals surface area contributed by atoms with E-state index in [0.29, 0.717) is 0 Å². The van der Waals surface area contributed by atoms with Crippen molar-refractivity contribution in [3.63, 3.8) is 0 Å². The highest BCUT2D eigenvalue weighted by atomic mass is 16.5. The first-order valence-corrected chi connectivity index (χ1v) is 5.11. The predicted octanol–water partition coefficient (Wildman–Crippen LogP) is 1.42. The fraction of sp³-hybridized carbons (Fsp3) is 0.900. The van der Waals surface area contributed by atoms with Crippen LogP contribution in [0.1, 0.15) is 33.6 Å². The monoisotopic (exact) mass is 185 g/mol. The zero-order chi connectivity index (χ0) is 9.90. The van der Waals surface area contributed by atoms with Crippen molar-refractivity contribution in [3.8, 4) is 0 Å². The van der Waals surface area contributed by atoms with Gasteiger partial charge in [0.2, 0.25) is 5.91 Å². The smallest absolute Gasteiger partial charge is 0.219 e. The van der Waals surface area contributed by atoms with Crippen LogP contribution in [0.5, 0.6) is 0 Å². The van der Waals surface area contributed by atoms with Gasteiger partial charge in [-0.25, -0.2) is 0 Å². The van der Waals surface area contributed by atoms with Crippen molar-refractivity contribution >= 4 is 5.91 Å². The Morgan fingerprint density at radius 1 is 1.38 bits per heavy atom. The molecule has 0 aromatic carbocycles. The Labute approximate surface area is 80.1 Å². The third-order valence-electron chi connectivity index (χ3n) is 2.73. The summed E-state index contributed by atoms with van der Waals surface area (Å²) in [5.41, 5.74) is 0.0751.